The number of aromatic nitrogens is 1. The summed E-state index contributed by atoms with van der Waals surface area (Å²) in [4.78, 5) is 12.4. The summed E-state index contributed by atoms with van der Waals surface area (Å²) in [6.07, 6.45) is 0. The van der Waals surface area contributed by atoms with Crippen LogP contribution in [0, 0.1) is 6.92 Å². The molecule has 1 heterocycles. The van der Waals surface area contributed by atoms with Crippen LogP contribution >= 0.6 is 0 Å². The monoisotopic (exact) mass is 402 g/mol. The van der Waals surface area contributed by atoms with Crippen LogP contribution in [0.2, 0.25) is 0 Å². The zero-order chi connectivity index (χ0) is 20.1. The Labute approximate surface area is 161 Å². The van der Waals surface area contributed by atoms with Crippen LogP contribution in [0.1, 0.15) is 16.1 Å². The van der Waals surface area contributed by atoms with Gasteiger partial charge >= 0.3 is 5.97 Å². The highest BCUT2D eigenvalue weighted by atomic mass is 32.2. The van der Waals surface area contributed by atoms with Gasteiger partial charge in [-0.15, -0.1) is 0 Å². The van der Waals surface area contributed by atoms with Gasteiger partial charge in [-0.2, -0.15) is 0 Å². The first-order chi connectivity index (χ1) is 13.4. The summed E-state index contributed by atoms with van der Waals surface area (Å²) in [5.74, 6) is 0.226. The Kier molecular flexibility index (Phi) is 5.76. The number of rotatable bonds is 7. The molecular weight excluding hydrogens is 384 g/mol. The molecule has 3 rings (SSSR count). The van der Waals surface area contributed by atoms with Crippen LogP contribution in [-0.2, 0) is 14.8 Å². The number of hydrogen-bond acceptors (Lipinski definition) is 7. The predicted octanol–water partition coefficient (Wildman–Crippen LogP) is 2.53. The minimum atomic E-state index is -3.75. The number of primary sulfonamides is 1. The molecule has 146 valence electrons. The van der Waals surface area contributed by atoms with Crippen LogP contribution in [0.25, 0.3) is 11.3 Å². The molecular formula is C19H18N2O6S. The van der Waals surface area contributed by atoms with Crippen molar-refractivity contribution in [1.82, 2.24) is 5.16 Å². The lowest BCUT2D eigenvalue weighted by Gasteiger charge is -2.08. The molecule has 9 heteroatoms. The number of nitrogens with zero attached hydrogens (tertiary/aromatic N) is 1. The summed E-state index contributed by atoms with van der Waals surface area (Å²) in [5.41, 5.74) is 1.43. The number of carbonyl (C=O) groups is 1. The number of nitrogens with two attached hydrogens (primary N) is 1. The van der Waals surface area contributed by atoms with Crippen molar-refractivity contribution < 1.29 is 27.2 Å². The molecule has 8 nitrogen and oxygen atoms in total. The van der Waals surface area contributed by atoms with E-state index < -0.39 is 16.0 Å². The average Bonchev–Trinajstić information content (AvgIpc) is 3.07. The number of ether oxygens (including phenoxy) is 2. The fourth-order valence-electron chi connectivity index (χ4n) is 2.50. The first kappa shape index (κ1) is 19.6. The van der Waals surface area contributed by atoms with E-state index in [0.717, 1.165) is 5.56 Å². The van der Waals surface area contributed by atoms with Crippen LogP contribution < -0.4 is 9.88 Å². The van der Waals surface area contributed by atoms with E-state index in [2.05, 4.69) is 5.16 Å². The van der Waals surface area contributed by atoms with Crippen molar-refractivity contribution in [2.24, 2.45) is 5.14 Å². The van der Waals surface area contributed by atoms with Gasteiger partial charge in [0.25, 0.3) is 0 Å². The lowest BCUT2D eigenvalue weighted by molar-refractivity contribution is 0.0449. The van der Waals surface area contributed by atoms with E-state index >= 15 is 0 Å². The van der Waals surface area contributed by atoms with Gasteiger partial charge in [-0.05, 0) is 31.2 Å². The summed E-state index contributed by atoms with van der Waals surface area (Å²) in [6.45, 7) is 1.72. The third-order valence-corrected chi connectivity index (χ3v) is 4.78. The van der Waals surface area contributed by atoms with Crippen LogP contribution in [0.3, 0.4) is 0 Å². The number of benzene rings is 2. The molecule has 0 saturated heterocycles. The third-order valence-electron chi connectivity index (χ3n) is 3.85. The normalized spacial score (nSPS) is 11.2. The molecule has 0 unspecified atom stereocenters. The highest BCUT2D eigenvalue weighted by molar-refractivity contribution is 7.89. The molecule has 0 fully saturated rings. The minimum Gasteiger partial charge on any atom is -0.490 e. The van der Waals surface area contributed by atoms with Gasteiger partial charge in [0.05, 0.1) is 4.90 Å². The predicted molar refractivity (Wildman–Crippen MR) is 100 cm³/mol. The van der Waals surface area contributed by atoms with E-state index in [9.17, 15) is 13.2 Å². The molecule has 0 radical (unpaired) electrons. The van der Waals surface area contributed by atoms with Crippen LogP contribution in [-0.4, -0.2) is 32.8 Å². The van der Waals surface area contributed by atoms with Crippen LogP contribution in [0.5, 0.6) is 5.75 Å². The SMILES string of the molecule is Cc1onc(-c2ccccc2)c1C(=O)OCCOc1ccc(S(N)(=O)=O)cc1. The molecule has 2 aromatic carbocycles. The Hall–Kier alpha value is -3.17. The maximum atomic E-state index is 12.4. The Morgan fingerprint density at radius 2 is 1.75 bits per heavy atom. The van der Waals surface area contributed by atoms with E-state index in [-0.39, 0.29) is 23.7 Å². The number of sulfonamides is 1. The molecule has 0 bridgehead atoms. The maximum Gasteiger partial charge on any atom is 0.344 e. The summed E-state index contributed by atoms with van der Waals surface area (Å²) >= 11 is 0. The minimum absolute atomic E-state index is 0.00534. The summed E-state index contributed by atoms with van der Waals surface area (Å²) in [5, 5.41) is 8.98. The molecule has 1 aromatic heterocycles. The zero-order valence-electron chi connectivity index (χ0n) is 15.0. The Morgan fingerprint density at radius 3 is 2.39 bits per heavy atom. The summed E-state index contributed by atoms with van der Waals surface area (Å²) in [7, 11) is -3.75. The van der Waals surface area contributed by atoms with Crippen molar-refractivity contribution in [1.29, 1.82) is 0 Å². The maximum absolute atomic E-state index is 12.4. The fraction of sp³-hybridized carbons (Fsp3) is 0.158. The lowest BCUT2D eigenvalue weighted by Crippen LogP contribution is -2.14. The Morgan fingerprint density at radius 1 is 1.07 bits per heavy atom. The van der Waals surface area contributed by atoms with Gasteiger partial charge in [0.1, 0.15) is 36.0 Å². The van der Waals surface area contributed by atoms with E-state index in [1.807, 2.05) is 30.3 Å². The second kappa shape index (κ2) is 8.24. The first-order valence-corrected chi connectivity index (χ1v) is 9.85. The Bertz CT molecular complexity index is 1060. The van der Waals surface area contributed by atoms with Crippen molar-refractivity contribution in [2.75, 3.05) is 13.2 Å². The molecule has 3 aromatic rings. The molecule has 0 aliphatic rings. The van der Waals surface area contributed by atoms with Gasteiger partial charge in [0, 0.05) is 5.56 Å². The summed E-state index contributed by atoms with van der Waals surface area (Å²) in [6, 6.07) is 14.8. The summed E-state index contributed by atoms with van der Waals surface area (Å²) < 4.78 is 38.3. The molecule has 0 amide bonds. The van der Waals surface area contributed by atoms with Crippen molar-refractivity contribution in [3.05, 3.63) is 65.9 Å². The van der Waals surface area contributed by atoms with Crippen LogP contribution in [0.4, 0.5) is 0 Å². The zero-order valence-corrected chi connectivity index (χ0v) is 15.8. The molecule has 0 aliphatic carbocycles. The van der Waals surface area contributed by atoms with Gasteiger partial charge in [-0.1, -0.05) is 35.5 Å². The average molecular weight is 402 g/mol. The lowest BCUT2D eigenvalue weighted by atomic mass is 10.1. The largest absolute Gasteiger partial charge is 0.490 e. The van der Waals surface area contributed by atoms with Crippen molar-refractivity contribution in [3.8, 4) is 17.0 Å². The number of hydrogen-bond donors (Lipinski definition) is 1. The topological polar surface area (TPSA) is 122 Å². The molecule has 28 heavy (non-hydrogen) atoms. The number of carbonyl (C=O) groups excluding carboxylic acids is 1. The standard InChI is InChI=1S/C19H18N2O6S/c1-13-17(18(21-27-13)14-5-3-2-4-6-14)19(22)26-12-11-25-15-7-9-16(10-8-15)28(20,23)24/h2-10H,11-12H2,1H3,(H2,20,23,24). The highest BCUT2D eigenvalue weighted by Crippen LogP contribution is 2.25. The van der Waals surface area contributed by atoms with Gasteiger partial charge in [-0.3, -0.25) is 0 Å². The van der Waals surface area contributed by atoms with Gasteiger partial charge < -0.3 is 14.0 Å². The van der Waals surface area contributed by atoms with Gasteiger partial charge in [0.15, 0.2) is 0 Å². The smallest absolute Gasteiger partial charge is 0.344 e. The van der Waals surface area contributed by atoms with Crippen molar-refractivity contribution >= 4 is 16.0 Å². The highest BCUT2D eigenvalue weighted by Gasteiger charge is 2.22. The number of aryl methyl sites for hydroxylation is 1. The molecule has 2 N–H and O–H groups in total. The fourth-order valence-corrected chi connectivity index (χ4v) is 3.01. The second-order valence-corrected chi connectivity index (χ2v) is 7.39. The Balaban J connectivity index is 1.58. The van der Waals surface area contributed by atoms with E-state index in [1.165, 1.54) is 24.3 Å². The van der Waals surface area contributed by atoms with Crippen molar-refractivity contribution in [2.45, 2.75) is 11.8 Å². The van der Waals surface area contributed by atoms with E-state index in [4.69, 9.17) is 19.1 Å². The van der Waals surface area contributed by atoms with E-state index in [1.54, 1.807) is 6.92 Å². The third kappa shape index (κ3) is 4.56. The van der Waals surface area contributed by atoms with Gasteiger partial charge in [0.2, 0.25) is 10.0 Å². The molecule has 0 saturated carbocycles. The van der Waals surface area contributed by atoms with Crippen LogP contribution in [0.15, 0.2) is 64.0 Å². The van der Waals surface area contributed by atoms with Gasteiger partial charge in [-0.25, -0.2) is 18.4 Å². The first-order valence-electron chi connectivity index (χ1n) is 8.31. The molecule has 0 spiro atoms. The van der Waals surface area contributed by atoms with Crippen molar-refractivity contribution in [3.63, 3.8) is 0 Å². The molecule has 0 atom stereocenters. The van der Waals surface area contributed by atoms with E-state index in [0.29, 0.717) is 17.2 Å². The second-order valence-electron chi connectivity index (χ2n) is 5.83. The number of esters is 1. The quantitative estimate of drug-likeness (QED) is 0.476. The molecule has 0 aliphatic heterocycles.